The third-order valence-electron chi connectivity index (χ3n) is 4.37. The lowest BCUT2D eigenvalue weighted by Crippen LogP contribution is -2.03. The van der Waals surface area contributed by atoms with Crippen molar-refractivity contribution in [2.75, 3.05) is 19.5 Å². The van der Waals surface area contributed by atoms with E-state index in [0.29, 0.717) is 45.5 Å². The van der Waals surface area contributed by atoms with Crippen LogP contribution in [0.1, 0.15) is 11.1 Å². The van der Waals surface area contributed by atoms with Crippen LogP contribution in [0.4, 0.5) is 5.69 Å². The average Bonchev–Trinajstić information content (AvgIpc) is 2.72. The summed E-state index contributed by atoms with van der Waals surface area (Å²) >= 11 is 22.0. The summed E-state index contributed by atoms with van der Waals surface area (Å²) in [5, 5.41) is 5.02. The molecule has 0 aromatic heterocycles. The number of hydrogen-bond donors (Lipinski definition) is 1. The number of ether oxygens (including phenoxy) is 3. The Hall–Kier alpha value is -1.79. The zero-order valence-electron chi connectivity index (χ0n) is 16.3. The van der Waals surface area contributed by atoms with Gasteiger partial charge in [0.1, 0.15) is 12.4 Å². The number of methoxy groups -OCH3 is 2. The van der Waals surface area contributed by atoms with E-state index in [1.165, 1.54) is 0 Å². The maximum Gasteiger partial charge on any atom is 0.162 e. The molecule has 8 heteroatoms. The molecule has 0 aliphatic rings. The second-order valence-corrected chi connectivity index (χ2v) is 8.43. The van der Waals surface area contributed by atoms with Gasteiger partial charge in [-0.2, -0.15) is 0 Å². The Bertz CT molecular complexity index is 1050. The number of benzene rings is 3. The van der Waals surface area contributed by atoms with E-state index in [1.54, 1.807) is 26.4 Å². The maximum absolute atomic E-state index is 6.23. The molecule has 0 saturated carbocycles. The van der Waals surface area contributed by atoms with E-state index in [4.69, 9.17) is 49.0 Å². The van der Waals surface area contributed by atoms with Crippen LogP contribution in [0.2, 0.25) is 15.1 Å². The minimum absolute atomic E-state index is 0.292. The van der Waals surface area contributed by atoms with Gasteiger partial charge in [-0.3, -0.25) is 0 Å². The summed E-state index contributed by atoms with van der Waals surface area (Å²) in [5.41, 5.74) is 2.71. The molecule has 0 aliphatic heterocycles. The molecule has 3 rings (SSSR count). The van der Waals surface area contributed by atoms with Crippen molar-refractivity contribution in [1.82, 2.24) is 0 Å². The van der Waals surface area contributed by atoms with Crippen molar-refractivity contribution in [3.05, 3.63) is 79.2 Å². The van der Waals surface area contributed by atoms with Crippen molar-refractivity contribution < 1.29 is 14.2 Å². The standard InChI is InChI=1S/C22H19BrCl3NO3/c1-28-20-6-5-16(9-19(20)26)27-11-14-7-21(29-2)22(10-17(14)23)30-12-13-3-4-15(24)8-18(13)25/h3-10,27H,11-12H2,1-2H3. The van der Waals surface area contributed by atoms with Crippen molar-refractivity contribution >= 4 is 56.4 Å². The highest BCUT2D eigenvalue weighted by Crippen LogP contribution is 2.35. The minimum Gasteiger partial charge on any atom is -0.495 e. The van der Waals surface area contributed by atoms with Gasteiger partial charge in [-0.1, -0.05) is 56.8 Å². The molecular formula is C22H19BrCl3NO3. The topological polar surface area (TPSA) is 39.7 Å². The first-order valence-corrected chi connectivity index (χ1v) is 10.8. The van der Waals surface area contributed by atoms with Crippen molar-refractivity contribution in [1.29, 1.82) is 0 Å². The van der Waals surface area contributed by atoms with Crippen LogP contribution in [0.5, 0.6) is 17.2 Å². The van der Waals surface area contributed by atoms with Crippen LogP contribution >= 0.6 is 50.7 Å². The number of nitrogens with one attached hydrogen (secondary N) is 1. The fourth-order valence-electron chi connectivity index (χ4n) is 2.75. The fourth-order valence-corrected chi connectivity index (χ4v) is 3.94. The lowest BCUT2D eigenvalue weighted by molar-refractivity contribution is 0.284. The average molecular weight is 532 g/mol. The quantitative estimate of drug-likeness (QED) is 0.325. The van der Waals surface area contributed by atoms with Crippen molar-refractivity contribution in [3.63, 3.8) is 0 Å². The van der Waals surface area contributed by atoms with E-state index in [-0.39, 0.29) is 0 Å². The highest BCUT2D eigenvalue weighted by atomic mass is 79.9. The lowest BCUT2D eigenvalue weighted by atomic mass is 10.2. The Morgan fingerprint density at radius 2 is 1.57 bits per heavy atom. The lowest BCUT2D eigenvalue weighted by Gasteiger charge is -2.15. The number of anilines is 1. The Labute approximate surface area is 199 Å². The molecular weight excluding hydrogens is 513 g/mol. The molecule has 0 heterocycles. The Morgan fingerprint density at radius 3 is 2.23 bits per heavy atom. The molecule has 0 amide bonds. The molecule has 0 radical (unpaired) electrons. The maximum atomic E-state index is 6.23. The first-order chi connectivity index (χ1) is 14.4. The predicted octanol–water partition coefficient (Wildman–Crippen LogP) is 7.62. The van der Waals surface area contributed by atoms with Crippen LogP contribution in [-0.2, 0) is 13.2 Å². The van der Waals surface area contributed by atoms with Gasteiger partial charge >= 0.3 is 0 Å². The number of rotatable bonds is 8. The molecule has 0 spiro atoms. The van der Waals surface area contributed by atoms with Crippen LogP contribution < -0.4 is 19.5 Å². The third-order valence-corrected chi connectivity index (χ3v) is 5.99. The molecule has 1 N–H and O–H groups in total. The summed E-state index contributed by atoms with van der Waals surface area (Å²) in [4.78, 5) is 0. The van der Waals surface area contributed by atoms with Crippen LogP contribution in [0, 0.1) is 0 Å². The van der Waals surface area contributed by atoms with E-state index < -0.39 is 0 Å². The Kier molecular flexibility index (Phi) is 8.00. The second kappa shape index (κ2) is 10.5. The van der Waals surface area contributed by atoms with Crippen LogP contribution in [0.25, 0.3) is 0 Å². The summed E-state index contributed by atoms with van der Waals surface area (Å²) in [6.07, 6.45) is 0. The normalized spacial score (nSPS) is 10.6. The van der Waals surface area contributed by atoms with Gasteiger partial charge in [0.2, 0.25) is 0 Å². The van der Waals surface area contributed by atoms with Gasteiger partial charge in [0.25, 0.3) is 0 Å². The molecule has 3 aromatic rings. The Balaban J connectivity index is 1.72. The highest BCUT2D eigenvalue weighted by Gasteiger charge is 2.12. The number of halogens is 4. The third kappa shape index (κ3) is 5.67. The first kappa shape index (κ1) is 22.9. The fraction of sp³-hybridized carbons (Fsp3) is 0.182. The zero-order valence-corrected chi connectivity index (χ0v) is 20.1. The van der Waals surface area contributed by atoms with Crippen LogP contribution in [-0.4, -0.2) is 14.2 Å². The van der Waals surface area contributed by atoms with Crippen LogP contribution in [0.15, 0.2) is 53.0 Å². The molecule has 0 bridgehead atoms. The summed E-state index contributed by atoms with van der Waals surface area (Å²) in [6, 6.07) is 14.6. The summed E-state index contributed by atoms with van der Waals surface area (Å²) in [5.74, 6) is 1.85. The second-order valence-electron chi connectivity index (χ2n) is 6.32. The molecule has 0 atom stereocenters. The van der Waals surface area contributed by atoms with E-state index in [9.17, 15) is 0 Å². The zero-order chi connectivity index (χ0) is 21.7. The van der Waals surface area contributed by atoms with Gasteiger partial charge in [-0.05, 0) is 48.0 Å². The molecule has 30 heavy (non-hydrogen) atoms. The summed E-state index contributed by atoms with van der Waals surface area (Å²) in [6.45, 7) is 0.851. The van der Waals surface area contributed by atoms with Crippen LogP contribution in [0.3, 0.4) is 0 Å². The predicted molar refractivity (Wildman–Crippen MR) is 127 cm³/mol. The molecule has 0 saturated heterocycles. The molecule has 3 aromatic carbocycles. The molecule has 0 unspecified atom stereocenters. The van der Waals surface area contributed by atoms with Crippen molar-refractivity contribution in [3.8, 4) is 17.2 Å². The van der Waals surface area contributed by atoms with Gasteiger partial charge in [0.15, 0.2) is 11.5 Å². The van der Waals surface area contributed by atoms with Gasteiger partial charge in [-0.25, -0.2) is 0 Å². The molecule has 158 valence electrons. The van der Waals surface area contributed by atoms with Gasteiger partial charge < -0.3 is 19.5 Å². The minimum atomic E-state index is 0.292. The summed E-state index contributed by atoms with van der Waals surface area (Å²) < 4.78 is 17.5. The Morgan fingerprint density at radius 1 is 0.800 bits per heavy atom. The first-order valence-electron chi connectivity index (χ1n) is 8.91. The van der Waals surface area contributed by atoms with Crippen molar-refractivity contribution in [2.45, 2.75) is 13.2 Å². The van der Waals surface area contributed by atoms with Gasteiger partial charge in [0.05, 0.1) is 19.2 Å². The van der Waals surface area contributed by atoms with E-state index >= 15 is 0 Å². The molecule has 4 nitrogen and oxygen atoms in total. The molecule has 0 aliphatic carbocycles. The largest absolute Gasteiger partial charge is 0.495 e. The van der Waals surface area contributed by atoms with E-state index in [2.05, 4.69) is 21.2 Å². The molecule has 0 fully saturated rings. The summed E-state index contributed by atoms with van der Waals surface area (Å²) in [7, 11) is 3.19. The monoisotopic (exact) mass is 529 g/mol. The van der Waals surface area contributed by atoms with Crippen molar-refractivity contribution in [2.24, 2.45) is 0 Å². The van der Waals surface area contributed by atoms with Gasteiger partial charge in [-0.15, -0.1) is 0 Å². The van der Waals surface area contributed by atoms with E-state index in [1.807, 2.05) is 36.4 Å². The highest BCUT2D eigenvalue weighted by molar-refractivity contribution is 9.10. The SMILES string of the molecule is COc1ccc(NCc2cc(OC)c(OCc3ccc(Cl)cc3Cl)cc2Br)cc1Cl. The number of hydrogen-bond acceptors (Lipinski definition) is 4. The smallest absolute Gasteiger partial charge is 0.162 e. The van der Waals surface area contributed by atoms with Gasteiger partial charge in [0, 0.05) is 32.3 Å². The van der Waals surface area contributed by atoms with E-state index in [0.717, 1.165) is 21.3 Å².